The summed E-state index contributed by atoms with van der Waals surface area (Å²) in [6, 6.07) is 7.67. The standard InChI is InChI=1S/C10H14O2P/c1-10(2,3)8-4-6-9(7-5-8)12-13-11/h4-7,13H,1-3H3/q+1. The maximum atomic E-state index is 10.2. The molecule has 3 heteroatoms. The molecule has 1 rings (SSSR count). The maximum absolute atomic E-state index is 10.2. The lowest BCUT2D eigenvalue weighted by atomic mass is 9.87. The fourth-order valence-electron chi connectivity index (χ4n) is 1.07. The molecule has 0 amide bonds. The topological polar surface area (TPSA) is 26.3 Å². The summed E-state index contributed by atoms with van der Waals surface area (Å²) >= 11 is 0. The summed E-state index contributed by atoms with van der Waals surface area (Å²) in [7, 11) is -0.731. The van der Waals surface area contributed by atoms with E-state index in [4.69, 9.17) is 4.52 Å². The summed E-state index contributed by atoms with van der Waals surface area (Å²) in [4.78, 5) is 0. The zero-order chi connectivity index (χ0) is 9.90. The monoisotopic (exact) mass is 197 g/mol. The molecule has 0 aromatic heterocycles. The molecule has 0 radical (unpaired) electrons. The van der Waals surface area contributed by atoms with Crippen LogP contribution in [0.15, 0.2) is 24.3 Å². The van der Waals surface area contributed by atoms with Crippen molar-refractivity contribution in [3.63, 3.8) is 0 Å². The van der Waals surface area contributed by atoms with Gasteiger partial charge in [-0.25, -0.2) is 0 Å². The number of hydrogen-bond donors (Lipinski definition) is 0. The van der Waals surface area contributed by atoms with Crippen molar-refractivity contribution in [3.8, 4) is 5.75 Å². The molecule has 1 unspecified atom stereocenters. The average molecular weight is 197 g/mol. The van der Waals surface area contributed by atoms with Crippen molar-refractivity contribution in [2.45, 2.75) is 26.2 Å². The van der Waals surface area contributed by atoms with Crippen LogP contribution in [0.4, 0.5) is 0 Å². The first kappa shape index (κ1) is 10.2. The second kappa shape index (κ2) is 3.89. The Balaban J connectivity index is 2.87. The van der Waals surface area contributed by atoms with E-state index < -0.39 is 8.69 Å². The van der Waals surface area contributed by atoms with Crippen molar-refractivity contribution in [1.82, 2.24) is 0 Å². The zero-order valence-corrected chi connectivity index (χ0v) is 9.13. The highest BCUT2D eigenvalue weighted by atomic mass is 31.1. The molecule has 2 nitrogen and oxygen atoms in total. The summed E-state index contributed by atoms with van der Waals surface area (Å²) < 4.78 is 15.0. The molecular formula is C10H14O2P+. The third-order valence-electron chi connectivity index (χ3n) is 1.88. The number of rotatable bonds is 2. The second-order valence-corrected chi connectivity index (χ2v) is 4.33. The zero-order valence-electron chi connectivity index (χ0n) is 8.13. The van der Waals surface area contributed by atoms with Gasteiger partial charge in [0.1, 0.15) is 0 Å². The Morgan fingerprint density at radius 2 is 1.69 bits per heavy atom. The molecule has 1 aromatic carbocycles. The lowest BCUT2D eigenvalue weighted by Gasteiger charge is -2.18. The third-order valence-corrected chi connectivity index (χ3v) is 2.20. The van der Waals surface area contributed by atoms with Gasteiger partial charge < -0.3 is 0 Å². The van der Waals surface area contributed by atoms with Gasteiger partial charge in [-0.1, -0.05) is 32.9 Å². The molecule has 0 fully saturated rings. The third kappa shape index (κ3) is 2.82. The highest BCUT2D eigenvalue weighted by molar-refractivity contribution is 7.17. The van der Waals surface area contributed by atoms with Crippen LogP contribution in [0.2, 0.25) is 0 Å². The molecule has 0 aliphatic carbocycles. The minimum absolute atomic E-state index is 0.151. The van der Waals surface area contributed by atoms with Crippen LogP contribution in [0.25, 0.3) is 0 Å². The smallest absolute Gasteiger partial charge is 0.256 e. The van der Waals surface area contributed by atoms with E-state index in [1.165, 1.54) is 5.56 Å². The Morgan fingerprint density at radius 1 is 1.15 bits per heavy atom. The minimum atomic E-state index is -0.731. The van der Waals surface area contributed by atoms with Crippen LogP contribution in [0.5, 0.6) is 5.75 Å². The molecule has 0 bridgehead atoms. The van der Waals surface area contributed by atoms with Gasteiger partial charge in [-0.3, -0.25) is 4.52 Å². The maximum Gasteiger partial charge on any atom is 0.542 e. The van der Waals surface area contributed by atoms with E-state index in [2.05, 4.69) is 20.8 Å². The number of hydrogen-bond acceptors (Lipinski definition) is 2. The fourth-order valence-corrected chi connectivity index (χ4v) is 1.30. The van der Waals surface area contributed by atoms with E-state index >= 15 is 0 Å². The number of benzene rings is 1. The molecule has 0 saturated heterocycles. The Morgan fingerprint density at radius 3 is 2.08 bits per heavy atom. The van der Waals surface area contributed by atoms with Crippen LogP contribution in [0.1, 0.15) is 26.3 Å². The molecule has 0 aliphatic rings. The van der Waals surface area contributed by atoms with Crippen LogP contribution in [-0.2, 0) is 9.98 Å². The molecule has 0 heterocycles. The summed E-state index contributed by atoms with van der Waals surface area (Å²) in [6.45, 7) is 6.45. The highest BCUT2D eigenvalue weighted by Gasteiger charge is 2.13. The van der Waals surface area contributed by atoms with Gasteiger partial charge in [-0.2, -0.15) is 0 Å². The van der Waals surface area contributed by atoms with Gasteiger partial charge in [-0.15, -0.1) is 0 Å². The SMILES string of the molecule is CC(C)(C)c1ccc(O[PH+]=O)cc1. The Bertz CT molecular complexity index is 285. The lowest BCUT2D eigenvalue weighted by molar-refractivity contribution is 0.524. The molecule has 0 saturated carbocycles. The molecular weight excluding hydrogens is 183 g/mol. The first-order valence-corrected chi connectivity index (χ1v) is 5.00. The van der Waals surface area contributed by atoms with E-state index in [0.717, 1.165) is 0 Å². The van der Waals surface area contributed by atoms with Gasteiger partial charge in [0.2, 0.25) is 0 Å². The highest BCUT2D eigenvalue weighted by Crippen LogP contribution is 2.25. The van der Waals surface area contributed by atoms with E-state index in [-0.39, 0.29) is 5.41 Å². The quantitative estimate of drug-likeness (QED) is 0.680. The lowest BCUT2D eigenvalue weighted by Crippen LogP contribution is -2.10. The predicted molar refractivity (Wildman–Crippen MR) is 54.8 cm³/mol. The van der Waals surface area contributed by atoms with Gasteiger partial charge in [0, 0.05) is 0 Å². The Labute approximate surface area is 80.2 Å². The summed E-state index contributed by atoms with van der Waals surface area (Å²) in [5, 5.41) is 0. The van der Waals surface area contributed by atoms with Gasteiger partial charge in [0.15, 0.2) is 5.75 Å². The molecule has 70 valence electrons. The van der Waals surface area contributed by atoms with Crippen LogP contribution in [0.3, 0.4) is 0 Å². The van der Waals surface area contributed by atoms with Crippen molar-refractivity contribution in [1.29, 1.82) is 0 Å². The fraction of sp³-hybridized carbons (Fsp3) is 0.400. The van der Waals surface area contributed by atoms with Crippen LogP contribution in [0, 0.1) is 0 Å². The summed E-state index contributed by atoms with van der Waals surface area (Å²) in [5.74, 6) is 0.654. The summed E-state index contributed by atoms with van der Waals surface area (Å²) in [5.41, 5.74) is 1.40. The van der Waals surface area contributed by atoms with Crippen molar-refractivity contribution in [2.24, 2.45) is 0 Å². The molecule has 0 N–H and O–H groups in total. The van der Waals surface area contributed by atoms with Crippen LogP contribution >= 0.6 is 8.69 Å². The first-order valence-electron chi connectivity index (χ1n) is 4.18. The molecule has 1 atom stereocenters. The van der Waals surface area contributed by atoms with Crippen LogP contribution < -0.4 is 4.52 Å². The minimum Gasteiger partial charge on any atom is -0.256 e. The first-order chi connectivity index (χ1) is 6.04. The predicted octanol–water partition coefficient (Wildman–Crippen LogP) is 3.30. The van der Waals surface area contributed by atoms with Gasteiger partial charge in [0.25, 0.3) is 0 Å². The largest absolute Gasteiger partial charge is 0.542 e. The van der Waals surface area contributed by atoms with Gasteiger partial charge in [0.05, 0.1) is 0 Å². The Hall–Kier alpha value is -0.880. The Kier molecular flexibility index (Phi) is 3.05. The molecule has 13 heavy (non-hydrogen) atoms. The average Bonchev–Trinajstić information content (AvgIpc) is 2.04. The van der Waals surface area contributed by atoms with Crippen molar-refractivity contribution in [3.05, 3.63) is 29.8 Å². The van der Waals surface area contributed by atoms with Gasteiger partial charge in [-0.05, 0) is 27.7 Å². The molecule has 0 spiro atoms. The van der Waals surface area contributed by atoms with Gasteiger partial charge >= 0.3 is 8.69 Å². The van der Waals surface area contributed by atoms with Crippen molar-refractivity contribution < 1.29 is 9.09 Å². The normalized spacial score (nSPS) is 11.6. The van der Waals surface area contributed by atoms with Crippen molar-refractivity contribution >= 4 is 8.69 Å². The van der Waals surface area contributed by atoms with E-state index in [1.807, 2.05) is 24.3 Å². The van der Waals surface area contributed by atoms with E-state index in [0.29, 0.717) is 5.75 Å². The van der Waals surface area contributed by atoms with Crippen LogP contribution in [-0.4, -0.2) is 0 Å². The van der Waals surface area contributed by atoms with E-state index in [1.54, 1.807) is 0 Å². The second-order valence-electron chi connectivity index (χ2n) is 3.96. The molecule has 0 aliphatic heterocycles. The van der Waals surface area contributed by atoms with Crippen molar-refractivity contribution in [2.75, 3.05) is 0 Å². The van der Waals surface area contributed by atoms with E-state index in [9.17, 15) is 4.57 Å². The summed E-state index contributed by atoms with van der Waals surface area (Å²) in [6.07, 6.45) is 0. The molecule has 1 aromatic rings.